The van der Waals surface area contributed by atoms with Crippen LogP contribution in [-0.2, 0) is 24.3 Å². The highest BCUT2D eigenvalue weighted by Crippen LogP contribution is 2.32. The van der Waals surface area contributed by atoms with Crippen LogP contribution >= 0.6 is 11.6 Å². The molecule has 1 aliphatic carbocycles. The molecule has 0 bridgehead atoms. The topological polar surface area (TPSA) is 92.8 Å². The van der Waals surface area contributed by atoms with Crippen LogP contribution in [0.1, 0.15) is 32.6 Å². The van der Waals surface area contributed by atoms with E-state index in [-0.39, 0.29) is 23.4 Å². The van der Waals surface area contributed by atoms with Crippen LogP contribution in [-0.4, -0.2) is 49.8 Å². The van der Waals surface area contributed by atoms with Crippen molar-refractivity contribution in [3.8, 4) is 0 Å². The lowest BCUT2D eigenvalue weighted by molar-refractivity contribution is -0.151. The molecule has 27 heavy (non-hydrogen) atoms. The van der Waals surface area contributed by atoms with Gasteiger partial charge in [-0.1, -0.05) is 11.6 Å². The van der Waals surface area contributed by atoms with Gasteiger partial charge in [0, 0.05) is 17.6 Å². The number of carbonyl (C=O) groups is 2. The summed E-state index contributed by atoms with van der Waals surface area (Å²) >= 11 is 5.81. The first-order valence-corrected chi connectivity index (χ1v) is 10.8. The second kappa shape index (κ2) is 8.16. The minimum Gasteiger partial charge on any atom is -0.454 e. The average Bonchev–Trinajstić information content (AvgIpc) is 3.36. The van der Waals surface area contributed by atoms with Gasteiger partial charge in [-0.05, 0) is 62.8 Å². The summed E-state index contributed by atoms with van der Waals surface area (Å²) in [5.74, 6) is -0.563. The van der Waals surface area contributed by atoms with Crippen LogP contribution in [0.5, 0.6) is 0 Å². The zero-order valence-corrected chi connectivity index (χ0v) is 16.6. The Bertz CT molecular complexity index is 808. The zero-order chi connectivity index (χ0) is 19.6. The Morgan fingerprint density at radius 3 is 2.56 bits per heavy atom. The molecule has 1 N–H and O–H groups in total. The molecule has 2 fully saturated rings. The second-order valence-corrected chi connectivity index (χ2v) is 9.36. The molecule has 1 amide bonds. The van der Waals surface area contributed by atoms with Crippen LogP contribution in [0.4, 0.5) is 0 Å². The summed E-state index contributed by atoms with van der Waals surface area (Å²) in [6.45, 7) is 1.76. The third-order valence-electron chi connectivity index (χ3n) is 4.96. The van der Waals surface area contributed by atoms with Gasteiger partial charge in [-0.25, -0.2) is 8.42 Å². The van der Waals surface area contributed by atoms with Crippen LogP contribution in [0.15, 0.2) is 29.2 Å². The van der Waals surface area contributed by atoms with Crippen molar-refractivity contribution in [2.45, 2.75) is 49.6 Å². The van der Waals surface area contributed by atoms with Gasteiger partial charge >= 0.3 is 5.97 Å². The summed E-state index contributed by atoms with van der Waals surface area (Å²) < 4.78 is 31.9. The molecule has 148 valence electrons. The van der Waals surface area contributed by atoms with Crippen molar-refractivity contribution in [2.75, 3.05) is 13.2 Å². The smallest absolute Gasteiger partial charge is 0.324 e. The number of amides is 1. The molecule has 7 nitrogen and oxygen atoms in total. The highest BCUT2D eigenvalue weighted by Gasteiger charge is 2.40. The first-order valence-electron chi connectivity index (χ1n) is 9.02. The van der Waals surface area contributed by atoms with Crippen LogP contribution < -0.4 is 5.32 Å². The predicted octanol–water partition coefficient (Wildman–Crippen LogP) is 1.95. The minimum atomic E-state index is -3.84. The Balaban J connectivity index is 1.60. The second-order valence-electron chi connectivity index (χ2n) is 7.03. The molecular weight excluding hydrogens is 392 g/mol. The van der Waals surface area contributed by atoms with E-state index < -0.39 is 28.6 Å². The third kappa shape index (κ3) is 4.80. The summed E-state index contributed by atoms with van der Waals surface area (Å²) in [6.07, 6.45) is 3.12. The fourth-order valence-electron chi connectivity index (χ4n) is 3.25. The van der Waals surface area contributed by atoms with Gasteiger partial charge in [-0.15, -0.1) is 0 Å². The van der Waals surface area contributed by atoms with Gasteiger partial charge in [0.2, 0.25) is 10.0 Å². The molecule has 2 aliphatic rings. The Hall–Kier alpha value is -1.64. The molecule has 2 atom stereocenters. The van der Waals surface area contributed by atoms with Gasteiger partial charge in [-0.2, -0.15) is 4.31 Å². The molecule has 1 aromatic carbocycles. The normalized spacial score (nSPS) is 21.6. The molecule has 1 aromatic rings. The lowest BCUT2D eigenvalue weighted by atomic mass is 10.2. The number of ether oxygens (including phenoxy) is 1. The van der Waals surface area contributed by atoms with Gasteiger partial charge in [0.1, 0.15) is 6.04 Å². The fraction of sp³-hybridized carbons (Fsp3) is 0.556. The Morgan fingerprint density at radius 1 is 1.26 bits per heavy atom. The van der Waals surface area contributed by atoms with E-state index >= 15 is 0 Å². The fourth-order valence-corrected chi connectivity index (χ4v) is 5.02. The Labute approximate surface area is 164 Å². The van der Waals surface area contributed by atoms with Gasteiger partial charge in [0.05, 0.1) is 4.90 Å². The number of nitrogens with zero attached hydrogens (tertiary/aromatic N) is 1. The number of benzene rings is 1. The first-order chi connectivity index (χ1) is 12.8. The van der Waals surface area contributed by atoms with Crippen molar-refractivity contribution in [1.29, 1.82) is 0 Å². The molecule has 1 aliphatic heterocycles. The Morgan fingerprint density at radius 2 is 1.93 bits per heavy atom. The molecule has 1 saturated carbocycles. The number of halogens is 1. The predicted molar refractivity (Wildman–Crippen MR) is 99.7 cm³/mol. The summed E-state index contributed by atoms with van der Waals surface area (Å²) in [5.41, 5.74) is 0. The van der Waals surface area contributed by atoms with E-state index in [9.17, 15) is 18.0 Å². The molecule has 9 heteroatoms. The number of hydrogen-bond acceptors (Lipinski definition) is 5. The van der Waals surface area contributed by atoms with Gasteiger partial charge in [0.25, 0.3) is 5.91 Å². The average molecular weight is 415 g/mol. The van der Waals surface area contributed by atoms with E-state index in [1.54, 1.807) is 0 Å². The van der Waals surface area contributed by atoms with E-state index in [2.05, 4.69) is 5.32 Å². The molecular formula is C18H23ClN2O5S. The van der Waals surface area contributed by atoms with Crippen molar-refractivity contribution in [3.05, 3.63) is 29.3 Å². The van der Waals surface area contributed by atoms with Gasteiger partial charge < -0.3 is 10.1 Å². The SMILES string of the molecule is C[C@@H](NC(=O)COC(=O)[C@@H]1CCCN1S(=O)(=O)c1ccc(Cl)cc1)C1CC1. The van der Waals surface area contributed by atoms with E-state index in [1.165, 1.54) is 24.3 Å². The van der Waals surface area contributed by atoms with Gasteiger partial charge in [-0.3, -0.25) is 9.59 Å². The van der Waals surface area contributed by atoms with Crippen LogP contribution in [0.3, 0.4) is 0 Å². The monoisotopic (exact) mass is 414 g/mol. The standard InChI is InChI=1S/C18H23ClN2O5S/c1-12(13-4-5-13)20-17(22)11-26-18(23)16-3-2-10-21(16)27(24,25)15-8-6-14(19)7-9-15/h6-9,12-13,16H,2-5,10-11H2,1H3,(H,20,22)/t12-,16+/m1/s1. The highest BCUT2D eigenvalue weighted by atomic mass is 35.5. The number of nitrogens with one attached hydrogen (secondary N) is 1. The van der Waals surface area contributed by atoms with Crippen LogP contribution in [0, 0.1) is 5.92 Å². The maximum atomic E-state index is 12.8. The number of rotatable bonds is 7. The molecule has 0 radical (unpaired) electrons. The maximum absolute atomic E-state index is 12.8. The van der Waals surface area contributed by atoms with E-state index in [1.807, 2.05) is 6.92 Å². The van der Waals surface area contributed by atoms with Crippen LogP contribution in [0.25, 0.3) is 0 Å². The summed E-state index contributed by atoms with van der Waals surface area (Å²) in [6, 6.07) is 4.94. The highest BCUT2D eigenvalue weighted by molar-refractivity contribution is 7.89. The third-order valence-corrected chi connectivity index (χ3v) is 7.13. The molecule has 3 rings (SSSR count). The van der Waals surface area contributed by atoms with Crippen molar-refractivity contribution in [3.63, 3.8) is 0 Å². The number of esters is 1. The number of carbonyl (C=O) groups excluding carboxylic acids is 2. The largest absolute Gasteiger partial charge is 0.454 e. The molecule has 0 unspecified atom stereocenters. The quantitative estimate of drug-likeness (QED) is 0.688. The number of sulfonamides is 1. The lowest BCUT2D eigenvalue weighted by Crippen LogP contribution is -2.43. The first kappa shape index (κ1) is 20.1. The lowest BCUT2D eigenvalue weighted by Gasteiger charge is -2.23. The minimum absolute atomic E-state index is 0.0597. The Kier molecular flexibility index (Phi) is 6.08. The van der Waals surface area contributed by atoms with Crippen molar-refractivity contribution >= 4 is 33.5 Å². The van der Waals surface area contributed by atoms with E-state index in [4.69, 9.17) is 16.3 Å². The number of hydrogen-bond donors (Lipinski definition) is 1. The molecule has 0 spiro atoms. The summed E-state index contributed by atoms with van der Waals surface area (Å²) in [7, 11) is -3.84. The summed E-state index contributed by atoms with van der Waals surface area (Å²) in [5, 5.41) is 3.23. The molecule has 1 heterocycles. The van der Waals surface area contributed by atoms with E-state index in [0.717, 1.165) is 17.1 Å². The van der Waals surface area contributed by atoms with Gasteiger partial charge in [0.15, 0.2) is 6.61 Å². The maximum Gasteiger partial charge on any atom is 0.324 e. The van der Waals surface area contributed by atoms with Crippen LogP contribution in [0.2, 0.25) is 5.02 Å². The van der Waals surface area contributed by atoms with Crippen molar-refractivity contribution in [1.82, 2.24) is 9.62 Å². The summed E-state index contributed by atoms with van der Waals surface area (Å²) in [4.78, 5) is 24.4. The van der Waals surface area contributed by atoms with E-state index in [0.29, 0.717) is 23.8 Å². The molecule has 0 aromatic heterocycles. The van der Waals surface area contributed by atoms with Crippen molar-refractivity contribution < 1.29 is 22.7 Å². The molecule has 1 saturated heterocycles. The zero-order valence-electron chi connectivity index (χ0n) is 15.1. The van der Waals surface area contributed by atoms with Crippen molar-refractivity contribution in [2.24, 2.45) is 5.92 Å².